The second-order valence-corrected chi connectivity index (χ2v) is 6.50. The van der Waals surface area contributed by atoms with Gasteiger partial charge in [0.2, 0.25) is 0 Å². The molecule has 5 nitrogen and oxygen atoms in total. The Balaban J connectivity index is 2.24. The van der Waals surface area contributed by atoms with E-state index in [2.05, 4.69) is 4.98 Å². The molecule has 0 bridgehead atoms. The van der Waals surface area contributed by atoms with Crippen molar-refractivity contribution in [3.05, 3.63) is 36.3 Å². The summed E-state index contributed by atoms with van der Waals surface area (Å²) in [6, 6.07) is 5.58. The number of aliphatic carboxylic acids is 1. The summed E-state index contributed by atoms with van der Waals surface area (Å²) < 4.78 is 12.6. The third kappa shape index (κ3) is 2.28. The van der Waals surface area contributed by atoms with Gasteiger partial charge in [-0.05, 0) is 26.0 Å². The summed E-state index contributed by atoms with van der Waals surface area (Å²) in [6.07, 6.45) is 3.61. The summed E-state index contributed by atoms with van der Waals surface area (Å²) in [5, 5.41) is 9.01. The van der Waals surface area contributed by atoms with Crippen molar-refractivity contribution in [1.29, 1.82) is 0 Å². The summed E-state index contributed by atoms with van der Waals surface area (Å²) in [6.45, 7) is 2.92. The number of pyridine rings is 1. The van der Waals surface area contributed by atoms with Crippen LogP contribution in [-0.4, -0.2) is 29.4 Å². The van der Waals surface area contributed by atoms with Crippen LogP contribution >= 0.6 is 0 Å². The van der Waals surface area contributed by atoms with Gasteiger partial charge in [0, 0.05) is 23.2 Å². The molecule has 1 unspecified atom stereocenters. The van der Waals surface area contributed by atoms with Gasteiger partial charge in [-0.25, -0.2) is 4.98 Å². The molecule has 1 N–H and O–H groups in total. The van der Waals surface area contributed by atoms with Gasteiger partial charge in [0.25, 0.3) is 0 Å². The monoisotopic (exact) mass is 266 g/mol. The second kappa shape index (κ2) is 4.53. The van der Waals surface area contributed by atoms with Crippen molar-refractivity contribution in [3.63, 3.8) is 0 Å². The fourth-order valence-electron chi connectivity index (χ4n) is 1.47. The summed E-state index contributed by atoms with van der Waals surface area (Å²) in [7, 11) is -1.51. The fraction of sp³-hybridized carbons (Fsp3) is 0.333. The Morgan fingerprint density at radius 3 is 2.83 bits per heavy atom. The standard InChI is InChI=1S/C12H14N2O3S/c1-12(2,11(15)16)18(17)8-9-7-14-6-4-3-5-10(14)13-9/h3-7H,8H2,1-2H3,(H,15,16). The van der Waals surface area contributed by atoms with Gasteiger partial charge < -0.3 is 9.51 Å². The largest absolute Gasteiger partial charge is 0.480 e. The second-order valence-electron chi connectivity index (χ2n) is 4.50. The Bertz CT molecular complexity index is 586. The van der Waals surface area contributed by atoms with Crippen LogP contribution in [0.3, 0.4) is 0 Å². The van der Waals surface area contributed by atoms with E-state index >= 15 is 0 Å². The Kier molecular flexibility index (Phi) is 3.21. The summed E-state index contributed by atoms with van der Waals surface area (Å²) in [5.74, 6) is -0.925. The molecular weight excluding hydrogens is 252 g/mol. The first-order chi connectivity index (χ1) is 8.41. The lowest BCUT2D eigenvalue weighted by molar-refractivity contribution is -0.139. The number of hydrogen-bond acceptors (Lipinski definition) is 3. The number of carboxylic acids is 1. The molecule has 0 aromatic carbocycles. The van der Waals surface area contributed by atoms with Gasteiger partial charge in [0.15, 0.2) is 0 Å². The minimum absolute atomic E-state index is 0.140. The van der Waals surface area contributed by atoms with Crippen LogP contribution in [0.4, 0.5) is 0 Å². The molecule has 0 amide bonds. The number of carbonyl (C=O) groups is 1. The van der Waals surface area contributed by atoms with E-state index < -0.39 is 21.5 Å². The number of nitrogens with zero attached hydrogens (tertiary/aromatic N) is 2. The lowest BCUT2D eigenvalue weighted by atomic mass is 10.2. The molecule has 1 atom stereocenters. The highest BCUT2D eigenvalue weighted by Gasteiger charge is 2.34. The maximum absolute atomic E-state index is 12.0. The predicted molar refractivity (Wildman–Crippen MR) is 68.8 cm³/mol. The van der Waals surface area contributed by atoms with Crippen molar-refractivity contribution in [1.82, 2.24) is 9.38 Å². The smallest absolute Gasteiger partial charge is 0.321 e. The van der Waals surface area contributed by atoms with Gasteiger partial charge in [-0.2, -0.15) is 0 Å². The molecule has 18 heavy (non-hydrogen) atoms. The van der Waals surface area contributed by atoms with E-state index in [0.717, 1.165) is 5.65 Å². The van der Waals surface area contributed by atoms with Gasteiger partial charge >= 0.3 is 5.97 Å². The Hall–Kier alpha value is -1.69. The van der Waals surface area contributed by atoms with Crippen LogP contribution in [0.5, 0.6) is 0 Å². The molecule has 6 heteroatoms. The summed E-state index contributed by atoms with van der Waals surface area (Å²) >= 11 is 0. The van der Waals surface area contributed by atoms with Crippen LogP contribution in [0.25, 0.3) is 5.65 Å². The molecule has 96 valence electrons. The summed E-state index contributed by atoms with van der Waals surface area (Å²) in [5.41, 5.74) is 1.39. The third-order valence-corrected chi connectivity index (χ3v) is 4.65. The van der Waals surface area contributed by atoms with E-state index in [9.17, 15) is 9.00 Å². The first kappa shape index (κ1) is 12.8. The number of fused-ring (bicyclic) bond motifs is 1. The molecule has 0 aliphatic heterocycles. The molecular formula is C12H14N2O3S. The normalized spacial score (nSPS) is 13.7. The van der Waals surface area contributed by atoms with Gasteiger partial charge in [-0.15, -0.1) is 0 Å². The van der Waals surface area contributed by atoms with E-state index in [-0.39, 0.29) is 5.75 Å². The SMILES string of the molecule is CC(C)(C(=O)O)S(=O)Cc1cn2ccccc2n1. The molecule has 0 saturated carbocycles. The molecule has 0 radical (unpaired) electrons. The first-order valence-corrected chi connectivity index (χ1v) is 6.77. The zero-order chi connectivity index (χ0) is 13.3. The van der Waals surface area contributed by atoms with Crippen molar-refractivity contribution >= 4 is 22.4 Å². The van der Waals surface area contributed by atoms with Crippen molar-refractivity contribution in [2.75, 3.05) is 0 Å². The molecule has 0 aliphatic carbocycles. The lowest BCUT2D eigenvalue weighted by Crippen LogP contribution is -2.37. The minimum atomic E-state index is -1.51. The molecule has 0 saturated heterocycles. The van der Waals surface area contributed by atoms with E-state index in [4.69, 9.17) is 5.11 Å². The molecule has 2 rings (SSSR count). The molecule has 2 aromatic rings. The third-order valence-electron chi connectivity index (χ3n) is 2.78. The van der Waals surface area contributed by atoms with Crippen molar-refractivity contribution in [2.24, 2.45) is 0 Å². The lowest BCUT2D eigenvalue weighted by Gasteiger charge is -2.17. The topological polar surface area (TPSA) is 71.7 Å². The predicted octanol–water partition coefficient (Wildman–Crippen LogP) is 1.45. The average molecular weight is 266 g/mol. The first-order valence-electron chi connectivity index (χ1n) is 5.46. The number of imidazole rings is 1. The van der Waals surface area contributed by atoms with E-state index in [1.165, 1.54) is 13.8 Å². The van der Waals surface area contributed by atoms with Crippen LogP contribution in [-0.2, 0) is 21.3 Å². The summed E-state index contributed by atoms with van der Waals surface area (Å²) in [4.78, 5) is 15.3. The maximum atomic E-state index is 12.0. The Morgan fingerprint density at radius 1 is 1.50 bits per heavy atom. The highest BCUT2D eigenvalue weighted by Crippen LogP contribution is 2.17. The van der Waals surface area contributed by atoms with Gasteiger partial charge in [0.05, 0.1) is 11.4 Å². The molecule has 0 aliphatic rings. The zero-order valence-corrected chi connectivity index (χ0v) is 11.0. The molecule has 0 fully saturated rings. The van der Waals surface area contributed by atoms with Crippen LogP contribution in [0, 0.1) is 0 Å². The van der Waals surface area contributed by atoms with Crippen molar-refractivity contribution in [3.8, 4) is 0 Å². The van der Waals surface area contributed by atoms with Crippen molar-refractivity contribution in [2.45, 2.75) is 24.3 Å². The minimum Gasteiger partial charge on any atom is -0.480 e. The molecule has 2 heterocycles. The van der Waals surface area contributed by atoms with Crippen LogP contribution in [0.15, 0.2) is 30.6 Å². The van der Waals surface area contributed by atoms with Gasteiger partial charge in [0.1, 0.15) is 10.4 Å². The number of rotatable bonds is 4. The van der Waals surface area contributed by atoms with Crippen LogP contribution < -0.4 is 0 Å². The van der Waals surface area contributed by atoms with Crippen LogP contribution in [0.2, 0.25) is 0 Å². The molecule has 2 aromatic heterocycles. The number of hydrogen-bond donors (Lipinski definition) is 1. The van der Waals surface area contributed by atoms with E-state index in [1.54, 1.807) is 6.20 Å². The highest BCUT2D eigenvalue weighted by molar-refractivity contribution is 7.86. The molecule has 0 spiro atoms. The number of carboxylic acid groups (broad SMARTS) is 1. The maximum Gasteiger partial charge on any atom is 0.321 e. The zero-order valence-electron chi connectivity index (χ0n) is 10.2. The van der Waals surface area contributed by atoms with E-state index in [1.807, 2.05) is 28.8 Å². The average Bonchev–Trinajstić information content (AvgIpc) is 2.70. The quantitative estimate of drug-likeness (QED) is 0.909. The van der Waals surface area contributed by atoms with E-state index in [0.29, 0.717) is 5.69 Å². The van der Waals surface area contributed by atoms with Crippen molar-refractivity contribution < 1.29 is 14.1 Å². The van der Waals surface area contributed by atoms with Gasteiger partial charge in [-0.3, -0.25) is 9.00 Å². The van der Waals surface area contributed by atoms with Crippen LogP contribution in [0.1, 0.15) is 19.5 Å². The Labute approximate surface area is 107 Å². The number of aromatic nitrogens is 2. The highest BCUT2D eigenvalue weighted by atomic mass is 32.2. The fourth-order valence-corrected chi connectivity index (χ4v) is 2.43. The van der Waals surface area contributed by atoms with Gasteiger partial charge in [-0.1, -0.05) is 6.07 Å². The Morgan fingerprint density at radius 2 is 2.22 bits per heavy atom.